The van der Waals surface area contributed by atoms with Gasteiger partial charge in [0.15, 0.2) is 0 Å². The average molecular weight is 262 g/mol. The molecule has 102 valence electrons. The molecule has 0 saturated heterocycles. The highest BCUT2D eigenvalue weighted by Gasteiger charge is 2.09. The maximum atomic E-state index is 2.36. The molecule has 0 fully saturated rings. The minimum Gasteiger partial charge on any atom is -0.0654 e. The van der Waals surface area contributed by atoms with Gasteiger partial charge in [-0.2, -0.15) is 0 Å². The van der Waals surface area contributed by atoms with Crippen LogP contribution in [0.4, 0.5) is 0 Å². The second-order valence-corrected chi connectivity index (χ2v) is 5.81. The predicted octanol–water partition coefficient (Wildman–Crippen LogP) is 6.29. The molecule has 0 aliphatic carbocycles. The Morgan fingerprint density at radius 2 is 1.55 bits per heavy atom. The number of hydrogen-bond donors (Lipinski definition) is 0. The number of benzene rings is 3. The van der Waals surface area contributed by atoms with Crippen molar-refractivity contribution in [1.29, 1.82) is 0 Å². The fraction of sp³-hybridized carbons (Fsp3) is 0.300. The van der Waals surface area contributed by atoms with E-state index in [1.165, 1.54) is 46.4 Å². The molecule has 0 spiro atoms. The summed E-state index contributed by atoms with van der Waals surface area (Å²) in [6, 6.07) is 20.1. The third kappa shape index (κ3) is 2.43. The molecule has 0 aliphatic heterocycles. The maximum Gasteiger partial charge on any atom is -0.0143 e. The molecule has 0 saturated carbocycles. The van der Waals surface area contributed by atoms with E-state index in [1.807, 2.05) is 0 Å². The lowest BCUT2D eigenvalue weighted by atomic mass is 9.90. The zero-order valence-electron chi connectivity index (χ0n) is 12.4. The number of unbranched alkanes of at least 4 members (excludes halogenated alkanes) is 1. The van der Waals surface area contributed by atoms with Gasteiger partial charge in [0.2, 0.25) is 0 Å². The van der Waals surface area contributed by atoms with Crippen molar-refractivity contribution in [3.8, 4) is 0 Å². The highest BCUT2D eigenvalue weighted by Crippen LogP contribution is 2.31. The van der Waals surface area contributed by atoms with Gasteiger partial charge in [-0.05, 0) is 51.6 Å². The quantitative estimate of drug-likeness (QED) is 0.485. The van der Waals surface area contributed by atoms with Crippen LogP contribution in [-0.2, 0) is 0 Å². The highest BCUT2D eigenvalue weighted by molar-refractivity contribution is 5.99. The van der Waals surface area contributed by atoms with Crippen LogP contribution in [-0.4, -0.2) is 0 Å². The molecule has 1 unspecified atom stereocenters. The second kappa shape index (κ2) is 5.66. The average Bonchev–Trinajstić information content (AvgIpc) is 2.50. The number of fused-ring (bicyclic) bond motifs is 2. The lowest BCUT2D eigenvalue weighted by molar-refractivity contribution is 0.627. The molecule has 0 bridgehead atoms. The molecule has 3 aromatic rings. The van der Waals surface area contributed by atoms with Gasteiger partial charge in [-0.1, -0.05) is 69.2 Å². The summed E-state index contributed by atoms with van der Waals surface area (Å²) in [5.41, 5.74) is 1.50. The van der Waals surface area contributed by atoms with Gasteiger partial charge in [-0.15, -0.1) is 0 Å². The Labute approximate surface area is 121 Å². The number of rotatable bonds is 4. The third-order valence-corrected chi connectivity index (χ3v) is 4.30. The summed E-state index contributed by atoms with van der Waals surface area (Å²) < 4.78 is 0. The van der Waals surface area contributed by atoms with Crippen molar-refractivity contribution in [2.45, 2.75) is 39.0 Å². The van der Waals surface area contributed by atoms with Crippen LogP contribution in [0.5, 0.6) is 0 Å². The molecule has 0 amide bonds. The Kier molecular flexibility index (Phi) is 3.73. The Bertz CT molecular complexity index is 724. The zero-order chi connectivity index (χ0) is 13.9. The van der Waals surface area contributed by atoms with Gasteiger partial charge < -0.3 is 0 Å². The molecule has 0 aliphatic rings. The molecule has 0 heterocycles. The first kappa shape index (κ1) is 13.2. The molecule has 0 radical (unpaired) electrons. The lowest BCUT2D eigenvalue weighted by Gasteiger charge is -2.15. The van der Waals surface area contributed by atoms with E-state index in [9.17, 15) is 0 Å². The summed E-state index contributed by atoms with van der Waals surface area (Å²) >= 11 is 0. The third-order valence-electron chi connectivity index (χ3n) is 4.30. The van der Waals surface area contributed by atoms with Crippen LogP contribution < -0.4 is 0 Å². The van der Waals surface area contributed by atoms with Crippen LogP contribution in [0.2, 0.25) is 0 Å². The monoisotopic (exact) mass is 262 g/mol. The smallest absolute Gasteiger partial charge is 0.0143 e. The van der Waals surface area contributed by atoms with Crippen molar-refractivity contribution in [2.75, 3.05) is 0 Å². The molecular weight excluding hydrogens is 240 g/mol. The molecule has 0 N–H and O–H groups in total. The van der Waals surface area contributed by atoms with Crippen molar-refractivity contribution < 1.29 is 0 Å². The van der Waals surface area contributed by atoms with Crippen molar-refractivity contribution in [3.05, 3.63) is 60.2 Å². The van der Waals surface area contributed by atoms with Crippen LogP contribution in [0.3, 0.4) is 0 Å². The molecule has 0 nitrogen and oxygen atoms in total. The number of hydrogen-bond acceptors (Lipinski definition) is 0. The fourth-order valence-corrected chi connectivity index (χ4v) is 3.09. The normalized spacial score (nSPS) is 12.9. The maximum absolute atomic E-state index is 2.36. The van der Waals surface area contributed by atoms with E-state index >= 15 is 0 Å². The zero-order valence-corrected chi connectivity index (χ0v) is 12.4. The summed E-state index contributed by atoms with van der Waals surface area (Å²) in [7, 11) is 0. The molecule has 0 heteroatoms. The van der Waals surface area contributed by atoms with E-state index in [1.54, 1.807) is 0 Å². The SMILES string of the molecule is CCCCC(C)c1cccc2cc3ccccc3cc12. The van der Waals surface area contributed by atoms with Gasteiger partial charge in [0, 0.05) is 0 Å². The van der Waals surface area contributed by atoms with Crippen molar-refractivity contribution in [3.63, 3.8) is 0 Å². The molecular formula is C20H22. The van der Waals surface area contributed by atoms with Crippen molar-refractivity contribution in [1.82, 2.24) is 0 Å². The molecule has 1 atom stereocenters. The Balaban J connectivity index is 2.15. The van der Waals surface area contributed by atoms with Crippen molar-refractivity contribution in [2.24, 2.45) is 0 Å². The lowest BCUT2D eigenvalue weighted by Crippen LogP contribution is -1.95. The van der Waals surface area contributed by atoms with Crippen LogP contribution in [0, 0.1) is 0 Å². The van der Waals surface area contributed by atoms with Crippen LogP contribution in [0.15, 0.2) is 54.6 Å². The van der Waals surface area contributed by atoms with E-state index in [4.69, 9.17) is 0 Å². The summed E-state index contributed by atoms with van der Waals surface area (Å²) in [5.74, 6) is 0.639. The first-order valence-electron chi connectivity index (χ1n) is 7.71. The van der Waals surface area contributed by atoms with E-state index in [0.29, 0.717) is 5.92 Å². The standard InChI is InChI=1S/C20H22/c1-3-4-8-15(2)19-12-7-11-18-13-16-9-5-6-10-17(16)14-20(18)19/h5-7,9-15H,3-4,8H2,1-2H3. The molecule has 3 rings (SSSR count). The first-order valence-corrected chi connectivity index (χ1v) is 7.71. The molecule has 3 aromatic carbocycles. The fourth-order valence-electron chi connectivity index (χ4n) is 3.09. The van der Waals surface area contributed by atoms with Gasteiger partial charge in [0.1, 0.15) is 0 Å². The Morgan fingerprint density at radius 1 is 0.850 bits per heavy atom. The van der Waals surface area contributed by atoms with Crippen LogP contribution in [0.25, 0.3) is 21.5 Å². The van der Waals surface area contributed by atoms with Crippen LogP contribution >= 0.6 is 0 Å². The van der Waals surface area contributed by atoms with E-state index in [0.717, 1.165) is 0 Å². The summed E-state index contributed by atoms with van der Waals surface area (Å²) in [6.45, 7) is 4.63. The van der Waals surface area contributed by atoms with Gasteiger partial charge >= 0.3 is 0 Å². The minimum atomic E-state index is 0.639. The topological polar surface area (TPSA) is 0 Å². The molecule has 0 aromatic heterocycles. The van der Waals surface area contributed by atoms with E-state index in [-0.39, 0.29) is 0 Å². The van der Waals surface area contributed by atoms with Gasteiger partial charge in [0.25, 0.3) is 0 Å². The minimum absolute atomic E-state index is 0.639. The predicted molar refractivity (Wildman–Crippen MR) is 89.4 cm³/mol. The van der Waals surface area contributed by atoms with Gasteiger partial charge in [0.05, 0.1) is 0 Å². The summed E-state index contributed by atoms with van der Waals surface area (Å²) in [4.78, 5) is 0. The second-order valence-electron chi connectivity index (χ2n) is 5.81. The van der Waals surface area contributed by atoms with E-state index in [2.05, 4.69) is 68.4 Å². The first-order chi connectivity index (χ1) is 9.79. The van der Waals surface area contributed by atoms with Crippen LogP contribution in [0.1, 0.15) is 44.6 Å². The Hall–Kier alpha value is -1.82. The largest absolute Gasteiger partial charge is 0.0654 e. The van der Waals surface area contributed by atoms with Gasteiger partial charge in [-0.3, -0.25) is 0 Å². The van der Waals surface area contributed by atoms with Gasteiger partial charge in [-0.25, -0.2) is 0 Å². The molecule has 20 heavy (non-hydrogen) atoms. The van der Waals surface area contributed by atoms with Crippen molar-refractivity contribution >= 4 is 21.5 Å². The summed E-state index contributed by atoms with van der Waals surface area (Å²) in [5, 5.41) is 5.47. The Morgan fingerprint density at radius 3 is 2.30 bits per heavy atom. The highest BCUT2D eigenvalue weighted by atomic mass is 14.1. The van der Waals surface area contributed by atoms with E-state index < -0.39 is 0 Å². The summed E-state index contributed by atoms with van der Waals surface area (Å²) in [6.07, 6.45) is 3.87.